The molecule has 21 heavy (non-hydrogen) atoms. The summed E-state index contributed by atoms with van der Waals surface area (Å²) < 4.78 is 4.91. The van der Waals surface area contributed by atoms with Crippen LogP contribution in [0.2, 0.25) is 0 Å². The van der Waals surface area contributed by atoms with Gasteiger partial charge in [-0.3, -0.25) is 15.6 Å². The average molecular weight is 308 g/mol. The van der Waals surface area contributed by atoms with E-state index in [0.29, 0.717) is 29.6 Å². The Labute approximate surface area is 129 Å². The van der Waals surface area contributed by atoms with E-state index in [1.54, 1.807) is 7.11 Å². The summed E-state index contributed by atoms with van der Waals surface area (Å²) in [5, 5.41) is 6.13. The monoisotopic (exact) mass is 308 g/mol. The molecule has 1 aromatic carbocycles. The molecule has 0 heterocycles. The van der Waals surface area contributed by atoms with Crippen molar-refractivity contribution in [2.75, 3.05) is 25.6 Å². The molecule has 7 heteroatoms. The van der Waals surface area contributed by atoms with Crippen molar-refractivity contribution < 1.29 is 9.53 Å². The van der Waals surface area contributed by atoms with E-state index in [9.17, 15) is 4.79 Å². The summed E-state index contributed by atoms with van der Waals surface area (Å²) in [5.74, 6) is -0.118. The van der Waals surface area contributed by atoms with E-state index in [0.717, 1.165) is 5.56 Å². The van der Waals surface area contributed by atoms with Crippen LogP contribution < -0.4 is 21.5 Å². The number of carbonyl (C=O) groups is 1. The lowest BCUT2D eigenvalue weighted by molar-refractivity contribution is -0.114. The van der Waals surface area contributed by atoms with Gasteiger partial charge in [-0.25, -0.2) is 0 Å². The lowest BCUT2D eigenvalue weighted by Gasteiger charge is -2.14. The standard InChI is InChI=1S/C14H20N4O2S/c1-10(17-18-14(21)15-7-8-20-3)12-5-4-6-13(9-12)16-11(2)19/h4-6,9,17H,1,7-8H2,2-3H3,(H,16,19)(H2,15,18,21). The first-order valence-electron chi connectivity index (χ1n) is 6.38. The molecule has 0 aliphatic heterocycles. The van der Waals surface area contributed by atoms with Crippen molar-refractivity contribution in [3.63, 3.8) is 0 Å². The number of anilines is 1. The van der Waals surface area contributed by atoms with Gasteiger partial charge in [0.2, 0.25) is 5.91 Å². The Bertz CT molecular complexity index is 519. The number of methoxy groups -OCH3 is 1. The van der Waals surface area contributed by atoms with E-state index < -0.39 is 0 Å². The van der Waals surface area contributed by atoms with E-state index in [1.807, 2.05) is 24.3 Å². The molecule has 0 saturated carbocycles. The highest BCUT2D eigenvalue weighted by Gasteiger charge is 2.02. The van der Waals surface area contributed by atoms with Gasteiger partial charge in [-0.2, -0.15) is 0 Å². The van der Waals surface area contributed by atoms with Crippen LogP contribution in [0.1, 0.15) is 12.5 Å². The molecular formula is C14H20N4O2S. The molecule has 0 aromatic heterocycles. The Morgan fingerprint density at radius 2 is 2.14 bits per heavy atom. The van der Waals surface area contributed by atoms with Gasteiger partial charge >= 0.3 is 0 Å². The minimum atomic E-state index is -0.118. The van der Waals surface area contributed by atoms with Gasteiger partial charge in [0.05, 0.1) is 12.3 Å². The summed E-state index contributed by atoms with van der Waals surface area (Å²) in [7, 11) is 1.63. The van der Waals surface area contributed by atoms with Crippen LogP contribution in [0.3, 0.4) is 0 Å². The third-order valence-corrected chi connectivity index (χ3v) is 2.70. The second-order valence-corrected chi connectivity index (χ2v) is 4.65. The Balaban J connectivity index is 2.48. The topological polar surface area (TPSA) is 74.4 Å². The maximum atomic E-state index is 11.0. The Kier molecular flexibility index (Phi) is 7.20. The van der Waals surface area contributed by atoms with E-state index in [1.165, 1.54) is 6.92 Å². The van der Waals surface area contributed by atoms with Gasteiger partial charge in [-0.1, -0.05) is 18.7 Å². The molecule has 0 radical (unpaired) electrons. The molecule has 0 fully saturated rings. The molecule has 1 amide bonds. The van der Waals surface area contributed by atoms with Crippen LogP contribution in [-0.2, 0) is 9.53 Å². The molecular weight excluding hydrogens is 288 g/mol. The quantitative estimate of drug-likeness (QED) is 0.345. The maximum Gasteiger partial charge on any atom is 0.221 e. The van der Waals surface area contributed by atoms with Crippen molar-refractivity contribution in [2.24, 2.45) is 0 Å². The van der Waals surface area contributed by atoms with Crippen LogP contribution in [0.15, 0.2) is 30.8 Å². The molecule has 114 valence electrons. The van der Waals surface area contributed by atoms with Crippen LogP contribution in [0.5, 0.6) is 0 Å². The Morgan fingerprint density at radius 1 is 1.38 bits per heavy atom. The van der Waals surface area contributed by atoms with Gasteiger partial charge in [0.1, 0.15) is 0 Å². The average Bonchev–Trinajstić information content (AvgIpc) is 2.44. The third kappa shape index (κ3) is 6.73. The van der Waals surface area contributed by atoms with Crippen LogP contribution in [0.25, 0.3) is 5.70 Å². The summed E-state index contributed by atoms with van der Waals surface area (Å²) in [6.45, 7) is 6.57. The van der Waals surface area contributed by atoms with Gasteiger partial charge in [0, 0.05) is 31.8 Å². The number of thiocarbonyl (C=S) groups is 1. The number of carbonyl (C=O) groups excluding carboxylic acids is 1. The minimum Gasteiger partial charge on any atom is -0.383 e. The number of nitrogens with one attached hydrogen (secondary N) is 4. The maximum absolute atomic E-state index is 11.0. The molecule has 0 aliphatic carbocycles. The molecule has 0 aliphatic rings. The number of hydrogen-bond acceptors (Lipinski definition) is 4. The molecule has 0 bridgehead atoms. The Morgan fingerprint density at radius 3 is 2.81 bits per heavy atom. The van der Waals surface area contributed by atoms with Gasteiger partial charge < -0.3 is 15.4 Å². The molecule has 4 N–H and O–H groups in total. The smallest absolute Gasteiger partial charge is 0.221 e. The number of rotatable bonds is 7. The Hall–Kier alpha value is -2.12. The number of benzene rings is 1. The fourth-order valence-corrected chi connectivity index (χ4v) is 1.66. The van der Waals surface area contributed by atoms with Crippen molar-refractivity contribution in [1.29, 1.82) is 0 Å². The van der Waals surface area contributed by atoms with E-state index >= 15 is 0 Å². The molecule has 1 rings (SSSR count). The van der Waals surface area contributed by atoms with Gasteiger partial charge in [-0.15, -0.1) is 0 Å². The van der Waals surface area contributed by atoms with Crippen molar-refractivity contribution >= 4 is 34.6 Å². The molecule has 0 unspecified atom stereocenters. The summed E-state index contributed by atoms with van der Waals surface area (Å²) in [4.78, 5) is 11.0. The normalized spacial score (nSPS) is 9.62. The third-order valence-electron chi connectivity index (χ3n) is 2.45. The molecule has 6 nitrogen and oxygen atoms in total. The zero-order chi connectivity index (χ0) is 15.7. The first kappa shape index (κ1) is 16.9. The fraction of sp³-hybridized carbons (Fsp3) is 0.286. The molecule has 0 spiro atoms. The molecule has 0 saturated heterocycles. The van der Waals surface area contributed by atoms with Gasteiger partial charge in [0.15, 0.2) is 5.11 Å². The molecule has 1 aromatic rings. The fourth-order valence-electron chi connectivity index (χ4n) is 1.50. The van der Waals surface area contributed by atoms with Gasteiger partial charge in [0.25, 0.3) is 0 Å². The summed E-state index contributed by atoms with van der Waals surface area (Å²) in [6.07, 6.45) is 0. The highest BCUT2D eigenvalue weighted by molar-refractivity contribution is 7.80. The number of ether oxygens (including phenoxy) is 1. The summed E-state index contributed by atoms with van der Waals surface area (Å²) in [6, 6.07) is 7.34. The van der Waals surface area contributed by atoms with Crippen molar-refractivity contribution in [3.8, 4) is 0 Å². The van der Waals surface area contributed by atoms with Crippen molar-refractivity contribution in [1.82, 2.24) is 16.2 Å². The number of hydrazine groups is 1. The summed E-state index contributed by atoms with van der Waals surface area (Å²) >= 11 is 5.08. The lowest BCUT2D eigenvalue weighted by Crippen LogP contribution is -2.43. The second kappa shape index (κ2) is 8.93. The number of hydrogen-bond donors (Lipinski definition) is 4. The number of amides is 1. The van der Waals surface area contributed by atoms with Crippen LogP contribution >= 0.6 is 12.2 Å². The first-order valence-corrected chi connectivity index (χ1v) is 6.79. The van der Waals surface area contributed by atoms with Crippen molar-refractivity contribution in [2.45, 2.75) is 6.92 Å². The zero-order valence-corrected chi connectivity index (χ0v) is 13.0. The van der Waals surface area contributed by atoms with Crippen LogP contribution in [0.4, 0.5) is 5.69 Å². The summed E-state index contributed by atoms with van der Waals surface area (Å²) in [5.41, 5.74) is 7.92. The highest BCUT2D eigenvalue weighted by Crippen LogP contribution is 2.15. The van der Waals surface area contributed by atoms with Crippen LogP contribution in [-0.4, -0.2) is 31.3 Å². The SMILES string of the molecule is C=C(NNC(=S)NCCOC)c1cccc(NC(C)=O)c1. The molecule has 0 atom stereocenters. The van der Waals surface area contributed by atoms with Crippen molar-refractivity contribution in [3.05, 3.63) is 36.4 Å². The largest absolute Gasteiger partial charge is 0.383 e. The van der Waals surface area contributed by atoms with Crippen LogP contribution in [0, 0.1) is 0 Å². The van der Waals surface area contributed by atoms with E-state index in [-0.39, 0.29) is 5.91 Å². The zero-order valence-electron chi connectivity index (χ0n) is 12.2. The predicted molar refractivity (Wildman–Crippen MR) is 88.5 cm³/mol. The highest BCUT2D eigenvalue weighted by atomic mass is 32.1. The second-order valence-electron chi connectivity index (χ2n) is 4.24. The predicted octanol–water partition coefficient (Wildman–Crippen LogP) is 1.23. The van der Waals surface area contributed by atoms with E-state index in [2.05, 4.69) is 28.1 Å². The first-order chi connectivity index (χ1) is 10.0. The minimum absolute atomic E-state index is 0.118. The lowest BCUT2D eigenvalue weighted by atomic mass is 10.1. The van der Waals surface area contributed by atoms with Gasteiger partial charge in [-0.05, 0) is 24.4 Å². The van der Waals surface area contributed by atoms with E-state index in [4.69, 9.17) is 17.0 Å².